The molecule has 0 atom stereocenters. The van der Waals surface area contributed by atoms with E-state index < -0.39 is 0 Å². The summed E-state index contributed by atoms with van der Waals surface area (Å²) in [6, 6.07) is 3.10. The van der Waals surface area contributed by atoms with Crippen molar-refractivity contribution in [3.63, 3.8) is 0 Å². The average Bonchev–Trinajstić information content (AvgIpc) is 3.12. The summed E-state index contributed by atoms with van der Waals surface area (Å²) in [5.41, 5.74) is 1.35. The van der Waals surface area contributed by atoms with Gasteiger partial charge in [0.25, 0.3) is 0 Å². The van der Waals surface area contributed by atoms with Crippen molar-refractivity contribution >= 4 is 11.3 Å². The quantitative estimate of drug-likeness (QED) is 0.733. The molecule has 1 saturated carbocycles. The normalized spacial score (nSPS) is 15.6. The van der Waals surface area contributed by atoms with Crippen LogP contribution in [0.4, 0.5) is 0 Å². The first-order valence-electron chi connectivity index (χ1n) is 6.71. The Morgan fingerprint density at radius 2 is 2.28 bits per heavy atom. The number of thiophene rings is 1. The molecule has 102 valence electrons. The second-order valence-corrected chi connectivity index (χ2v) is 6.43. The molecule has 1 aromatic heterocycles. The van der Waals surface area contributed by atoms with Crippen LogP contribution < -0.4 is 5.32 Å². The van der Waals surface area contributed by atoms with Crippen molar-refractivity contribution in [2.24, 2.45) is 0 Å². The minimum Gasteiger partial charge on any atom is -0.375 e. The Kier molecular flexibility index (Phi) is 5.18. The summed E-state index contributed by atoms with van der Waals surface area (Å²) in [6.45, 7) is 5.78. The Labute approximate surface area is 114 Å². The molecule has 0 unspecified atom stereocenters. The van der Waals surface area contributed by atoms with E-state index in [1.54, 1.807) is 0 Å². The smallest absolute Gasteiger partial charge is 0.0728 e. The van der Waals surface area contributed by atoms with Crippen LogP contribution in [0.3, 0.4) is 0 Å². The minimum absolute atomic E-state index is 0.755. The molecule has 3 nitrogen and oxygen atoms in total. The predicted molar refractivity (Wildman–Crippen MR) is 77.1 cm³/mol. The summed E-state index contributed by atoms with van der Waals surface area (Å²) in [5.74, 6) is 0. The average molecular weight is 268 g/mol. The van der Waals surface area contributed by atoms with Crippen LogP contribution in [0.2, 0.25) is 0 Å². The first-order valence-corrected chi connectivity index (χ1v) is 7.53. The number of hydrogen-bond acceptors (Lipinski definition) is 4. The molecule has 1 aromatic rings. The molecular formula is C14H24N2OS. The van der Waals surface area contributed by atoms with Gasteiger partial charge in [-0.05, 0) is 45.5 Å². The molecule has 1 fully saturated rings. The molecule has 0 radical (unpaired) electrons. The van der Waals surface area contributed by atoms with E-state index >= 15 is 0 Å². The number of ether oxygens (including phenoxy) is 1. The Hall–Kier alpha value is -0.420. The lowest BCUT2D eigenvalue weighted by molar-refractivity contribution is 0.0978. The zero-order valence-electron chi connectivity index (χ0n) is 11.7. The molecule has 0 amide bonds. The number of likely N-dealkylation sites (N-methyl/N-ethyl adjacent to an activating group) is 1. The second-order valence-electron chi connectivity index (χ2n) is 5.09. The minimum atomic E-state index is 0.755. The van der Waals surface area contributed by atoms with Crippen molar-refractivity contribution in [3.05, 3.63) is 21.4 Å². The number of aryl methyl sites for hydroxylation is 1. The number of hydrogen-bond donors (Lipinski definition) is 1. The van der Waals surface area contributed by atoms with Crippen LogP contribution in [0.15, 0.2) is 6.07 Å². The molecule has 0 spiro atoms. The summed E-state index contributed by atoms with van der Waals surface area (Å²) in [7, 11) is 4.18. The first-order chi connectivity index (χ1) is 8.70. The van der Waals surface area contributed by atoms with Crippen molar-refractivity contribution in [1.29, 1.82) is 0 Å². The van der Waals surface area contributed by atoms with Gasteiger partial charge in [-0.3, -0.25) is 0 Å². The first kappa shape index (κ1) is 14.0. The van der Waals surface area contributed by atoms with E-state index in [1.165, 1.54) is 28.2 Å². The van der Waals surface area contributed by atoms with Gasteiger partial charge in [0.15, 0.2) is 0 Å². The Morgan fingerprint density at radius 1 is 1.50 bits per heavy atom. The van der Waals surface area contributed by atoms with E-state index in [0.29, 0.717) is 0 Å². The van der Waals surface area contributed by atoms with E-state index in [9.17, 15) is 0 Å². The van der Waals surface area contributed by atoms with E-state index in [2.05, 4.69) is 30.3 Å². The van der Waals surface area contributed by atoms with Gasteiger partial charge in [-0.1, -0.05) is 0 Å². The summed E-state index contributed by atoms with van der Waals surface area (Å²) < 4.78 is 5.79. The maximum absolute atomic E-state index is 5.79. The topological polar surface area (TPSA) is 24.5 Å². The third-order valence-electron chi connectivity index (χ3n) is 3.44. The molecule has 18 heavy (non-hydrogen) atoms. The maximum atomic E-state index is 5.79. The lowest BCUT2D eigenvalue weighted by Crippen LogP contribution is -2.25. The maximum Gasteiger partial charge on any atom is 0.0728 e. The van der Waals surface area contributed by atoms with Crippen molar-refractivity contribution in [3.8, 4) is 0 Å². The molecule has 1 aliphatic carbocycles. The highest BCUT2D eigenvalue weighted by Gasteiger charge is 2.25. The van der Waals surface area contributed by atoms with Crippen LogP contribution in [-0.4, -0.2) is 38.2 Å². The fourth-order valence-corrected chi connectivity index (χ4v) is 3.14. The Morgan fingerprint density at radius 3 is 2.94 bits per heavy atom. The molecule has 1 aliphatic rings. The van der Waals surface area contributed by atoms with Gasteiger partial charge in [0.2, 0.25) is 0 Å². The van der Waals surface area contributed by atoms with Gasteiger partial charge >= 0.3 is 0 Å². The second kappa shape index (κ2) is 6.66. The van der Waals surface area contributed by atoms with E-state index in [4.69, 9.17) is 4.74 Å². The number of rotatable bonds is 8. The third kappa shape index (κ3) is 4.05. The fraction of sp³-hybridized carbons (Fsp3) is 0.714. The van der Waals surface area contributed by atoms with Gasteiger partial charge in [0.05, 0.1) is 13.2 Å². The van der Waals surface area contributed by atoms with Crippen molar-refractivity contribution in [2.45, 2.75) is 39.0 Å². The summed E-state index contributed by atoms with van der Waals surface area (Å²) >= 11 is 1.87. The molecule has 0 aromatic carbocycles. The van der Waals surface area contributed by atoms with Gasteiger partial charge in [0, 0.05) is 28.9 Å². The molecule has 0 aliphatic heterocycles. The highest BCUT2D eigenvalue weighted by Crippen LogP contribution is 2.25. The van der Waals surface area contributed by atoms with Gasteiger partial charge < -0.3 is 15.0 Å². The highest BCUT2D eigenvalue weighted by atomic mass is 32.1. The SMILES string of the molecule is CNCc1cc(COCCN(C)C2CC2)c(C)s1. The molecule has 1 heterocycles. The number of nitrogens with zero attached hydrogens (tertiary/aromatic N) is 1. The third-order valence-corrected chi connectivity index (χ3v) is 4.53. The Balaban J connectivity index is 1.68. The van der Waals surface area contributed by atoms with Crippen LogP contribution in [0, 0.1) is 6.92 Å². The van der Waals surface area contributed by atoms with Crippen LogP contribution >= 0.6 is 11.3 Å². The van der Waals surface area contributed by atoms with E-state index in [1.807, 2.05) is 18.4 Å². The van der Waals surface area contributed by atoms with E-state index in [-0.39, 0.29) is 0 Å². The zero-order chi connectivity index (χ0) is 13.0. The van der Waals surface area contributed by atoms with Gasteiger partial charge in [0.1, 0.15) is 0 Å². The monoisotopic (exact) mass is 268 g/mol. The molecule has 1 N–H and O–H groups in total. The highest BCUT2D eigenvalue weighted by molar-refractivity contribution is 7.12. The zero-order valence-corrected chi connectivity index (χ0v) is 12.5. The Bertz CT molecular complexity index is 374. The standard InChI is InChI=1S/C14H24N2OS/c1-11-12(8-14(18-11)9-15-2)10-17-7-6-16(3)13-4-5-13/h8,13,15H,4-7,9-10H2,1-3H3. The summed E-state index contributed by atoms with van der Waals surface area (Å²) in [4.78, 5) is 5.19. The molecule has 0 saturated heterocycles. The van der Waals surface area contributed by atoms with Gasteiger partial charge in [-0.15, -0.1) is 11.3 Å². The van der Waals surface area contributed by atoms with Crippen LogP contribution in [0.5, 0.6) is 0 Å². The van der Waals surface area contributed by atoms with Gasteiger partial charge in [-0.25, -0.2) is 0 Å². The molecule has 2 rings (SSSR count). The fourth-order valence-electron chi connectivity index (χ4n) is 2.08. The van der Waals surface area contributed by atoms with E-state index in [0.717, 1.165) is 32.3 Å². The molecule has 0 bridgehead atoms. The molecule has 4 heteroatoms. The van der Waals surface area contributed by atoms with Crippen LogP contribution in [-0.2, 0) is 17.9 Å². The largest absolute Gasteiger partial charge is 0.375 e. The molecular weight excluding hydrogens is 244 g/mol. The van der Waals surface area contributed by atoms with Gasteiger partial charge in [-0.2, -0.15) is 0 Å². The lowest BCUT2D eigenvalue weighted by atomic mass is 10.2. The van der Waals surface area contributed by atoms with Crippen molar-refractivity contribution in [2.75, 3.05) is 27.2 Å². The van der Waals surface area contributed by atoms with Crippen molar-refractivity contribution in [1.82, 2.24) is 10.2 Å². The number of nitrogens with one attached hydrogen (secondary N) is 1. The summed E-state index contributed by atoms with van der Waals surface area (Å²) in [6.07, 6.45) is 2.74. The summed E-state index contributed by atoms with van der Waals surface area (Å²) in [5, 5.41) is 3.19. The lowest BCUT2D eigenvalue weighted by Gasteiger charge is -2.15. The predicted octanol–water partition coefficient (Wildman–Crippen LogP) is 2.39. The van der Waals surface area contributed by atoms with Crippen LogP contribution in [0.1, 0.15) is 28.2 Å². The van der Waals surface area contributed by atoms with Crippen molar-refractivity contribution < 1.29 is 4.74 Å². The van der Waals surface area contributed by atoms with Crippen LogP contribution in [0.25, 0.3) is 0 Å².